The lowest BCUT2D eigenvalue weighted by atomic mass is 10.0. The Kier molecular flexibility index (Phi) is 6.94. The molecule has 174 valence electrons. The first-order valence-electron chi connectivity index (χ1n) is 11.0. The van der Waals surface area contributed by atoms with Gasteiger partial charge in [-0.15, -0.1) is 0 Å². The molecule has 1 aromatic heterocycles. The normalized spacial score (nSPS) is 11.9. The Bertz CT molecular complexity index is 1300. The molecule has 7 heteroatoms. The number of nitrogens with one attached hydrogen (secondary N) is 2. The van der Waals surface area contributed by atoms with Gasteiger partial charge >= 0.3 is 5.97 Å². The second kappa shape index (κ2) is 10.2. The maximum absolute atomic E-state index is 12.8. The molecule has 4 N–H and O–H groups in total. The number of hydrogen-bond acceptors (Lipinski definition) is 5. The highest BCUT2D eigenvalue weighted by Gasteiger charge is 2.18. The van der Waals surface area contributed by atoms with Crippen molar-refractivity contribution in [2.24, 2.45) is 0 Å². The monoisotopic (exact) mass is 458 g/mol. The lowest BCUT2D eigenvalue weighted by Gasteiger charge is -2.14. The van der Waals surface area contributed by atoms with E-state index in [1.807, 2.05) is 61.5 Å². The average molecular weight is 459 g/mol. The third-order valence-electron chi connectivity index (χ3n) is 5.63. The molecule has 0 spiro atoms. The van der Waals surface area contributed by atoms with Gasteiger partial charge in [-0.25, -0.2) is 4.79 Å². The van der Waals surface area contributed by atoms with Crippen LogP contribution in [0.1, 0.15) is 38.9 Å². The molecular weight excluding hydrogens is 432 g/mol. The summed E-state index contributed by atoms with van der Waals surface area (Å²) in [5.41, 5.74) is 2.74. The molecule has 0 saturated carbocycles. The molecule has 0 aliphatic heterocycles. The van der Waals surface area contributed by atoms with Crippen molar-refractivity contribution in [3.8, 4) is 11.5 Å². The van der Waals surface area contributed by atoms with Crippen molar-refractivity contribution >= 4 is 22.7 Å². The molecule has 0 radical (unpaired) electrons. The predicted molar refractivity (Wildman–Crippen MR) is 130 cm³/mol. The minimum absolute atomic E-state index is 0.0356. The van der Waals surface area contributed by atoms with E-state index in [-0.39, 0.29) is 35.3 Å². The Morgan fingerprint density at radius 3 is 2.44 bits per heavy atom. The van der Waals surface area contributed by atoms with E-state index in [1.54, 1.807) is 0 Å². The highest BCUT2D eigenvalue weighted by Crippen LogP contribution is 2.28. The fraction of sp³-hybridized carbons (Fsp3) is 0.185. The smallest absolute Gasteiger partial charge is 0.352 e. The molecule has 0 saturated heterocycles. The number of carbonyl (C=O) groups excluding carboxylic acids is 1. The van der Waals surface area contributed by atoms with Gasteiger partial charge in [0, 0.05) is 17.0 Å². The van der Waals surface area contributed by atoms with Crippen molar-refractivity contribution in [2.45, 2.75) is 26.0 Å². The van der Waals surface area contributed by atoms with Gasteiger partial charge in [0.25, 0.3) is 0 Å². The lowest BCUT2D eigenvalue weighted by Crippen LogP contribution is -2.33. The van der Waals surface area contributed by atoms with Crippen molar-refractivity contribution in [1.82, 2.24) is 10.3 Å². The Labute approximate surface area is 197 Å². The van der Waals surface area contributed by atoms with E-state index < -0.39 is 5.97 Å². The zero-order valence-corrected chi connectivity index (χ0v) is 18.7. The summed E-state index contributed by atoms with van der Waals surface area (Å²) < 4.78 is 5.82. The first-order chi connectivity index (χ1) is 16.4. The topological polar surface area (TPSA) is 112 Å². The number of phenols is 1. The molecule has 4 rings (SSSR count). The summed E-state index contributed by atoms with van der Waals surface area (Å²) in [7, 11) is 0. The largest absolute Gasteiger partial charge is 0.506 e. The molecule has 0 aliphatic rings. The van der Waals surface area contributed by atoms with Crippen molar-refractivity contribution in [1.29, 1.82) is 0 Å². The first kappa shape index (κ1) is 23.1. The molecule has 7 nitrogen and oxygen atoms in total. The van der Waals surface area contributed by atoms with Crippen LogP contribution in [0, 0.1) is 0 Å². The van der Waals surface area contributed by atoms with Gasteiger partial charge in [-0.05, 0) is 54.8 Å². The van der Waals surface area contributed by atoms with Crippen molar-refractivity contribution < 1.29 is 24.5 Å². The maximum atomic E-state index is 12.8. The van der Waals surface area contributed by atoms with Gasteiger partial charge in [0.2, 0.25) is 0 Å². The molecule has 1 atom stereocenters. The quantitative estimate of drug-likeness (QED) is 0.259. The van der Waals surface area contributed by atoms with E-state index >= 15 is 0 Å². The summed E-state index contributed by atoms with van der Waals surface area (Å²) in [5, 5.41) is 22.8. The first-order valence-corrected chi connectivity index (χ1v) is 11.0. The van der Waals surface area contributed by atoms with Crippen molar-refractivity contribution in [2.75, 3.05) is 6.54 Å². The number of benzene rings is 3. The Hall–Kier alpha value is -4.10. The van der Waals surface area contributed by atoms with E-state index in [4.69, 9.17) is 4.74 Å². The second-order valence-electron chi connectivity index (χ2n) is 8.24. The number of fused-ring (bicyclic) bond motifs is 1. The number of ketones is 1. The number of carboxylic acid groups (broad SMARTS) is 1. The van der Waals surface area contributed by atoms with Crippen LogP contribution in [0.15, 0.2) is 72.8 Å². The number of hydrogen-bond donors (Lipinski definition) is 4. The van der Waals surface area contributed by atoms with Crippen LogP contribution in [0.4, 0.5) is 0 Å². The van der Waals surface area contributed by atoms with Crippen molar-refractivity contribution in [3.63, 3.8) is 0 Å². The van der Waals surface area contributed by atoms with Gasteiger partial charge in [-0.3, -0.25) is 4.79 Å². The van der Waals surface area contributed by atoms with E-state index in [0.29, 0.717) is 17.6 Å². The van der Waals surface area contributed by atoms with Gasteiger partial charge in [0.1, 0.15) is 23.8 Å². The van der Waals surface area contributed by atoms with Crippen LogP contribution in [0.2, 0.25) is 0 Å². The molecule has 0 amide bonds. The zero-order chi connectivity index (χ0) is 24.1. The van der Waals surface area contributed by atoms with E-state index in [9.17, 15) is 19.8 Å². The lowest BCUT2D eigenvalue weighted by molar-refractivity contribution is 0.0691. The van der Waals surface area contributed by atoms with Gasteiger partial charge < -0.3 is 25.3 Å². The predicted octanol–water partition coefficient (Wildman–Crippen LogP) is 4.55. The van der Waals surface area contributed by atoms with Crippen LogP contribution in [-0.2, 0) is 13.0 Å². The minimum atomic E-state index is -1.16. The Morgan fingerprint density at radius 2 is 1.74 bits per heavy atom. The standard InChI is InChI=1S/C27H26N2O5/c1-17(13-18-7-9-20(10-8-18)34-16-19-5-3-2-4-6-19)28-15-25(31)21-11-12-24(30)26-22(21)14-23(29-26)27(32)33/h2-12,14,17,28-30H,13,15-16H2,1H3,(H,32,33). The molecule has 0 bridgehead atoms. The van der Waals surface area contributed by atoms with Crippen molar-refractivity contribution in [3.05, 3.63) is 95.2 Å². The van der Waals surface area contributed by atoms with Crippen LogP contribution in [0.25, 0.3) is 10.9 Å². The fourth-order valence-corrected chi connectivity index (χ4v) is 3.81. The van der Waals surface area contributed by atoms with Gasteiger partial charge in [0.15, 0.2) is 5.78 Å². The highest BCUT2D eigenvalue weighted by molar-refractivity contribution is 6.11. The maximum Gasteiger partial charge on any atom is 0.352 e. The van der Waals surface area contributed by atoms with Crippen LogP contribution in [0.5, 0.6) is 11.5 Å². The van der Waals surface area contributed by atoms with Crippen LogP contribution < -0.4 is 10.1 Å². The summed E-state index contributed by atoms with van der Waals surface area (Å²) in [6.45, 7) is 2.60. The SMILES string of the molecule is CC(Cc1ccc(OCc2ccccc2)cc1)NCC(=O)c1ccc(O)c2[nH]c(C(=O)O)cc12. The minimum Gasteiger partial charge on any atom is -0.506 e. The molecule has 0 aliphatic carbocycles. The number of ether oxygens (including phenoxy) is 1. The van der Waals surface area contributed by atoms with E-state index in [1.165, 1.54) is 18.2 Å². The van der Waals surface area contributed by atoms with E-state index in [2.05, 4.69) is 10.3 Å². The summed E-state index contributed by atoms with van der Waals surface area (Å²) in [6, 6.07) is 22.2. The second-order valence-corrected chi connectivity index (χ2v) is 8.24. The number of aromatic hydroxyl groups is 1. The molecule has 4 aromatic rings. The molecule has 3 aromatic carbocycles. The third-order valence-corrected chi connectivity index (χ3v) is 5.63. The number of aromatic amines is 1. The molecule has 1 heterocycles. The number of carboxylic acids is 1. The van der Waals surface area contributed by atoms with E-state index in [0.717, 1.165) is 23.3 Å². The van der Waals surface area contributed by atoms with Crippen LogP contribution in [0.3, 0.4) is 0 Å². The average Bonchev–Trinajstić information content (AvgIpc) is 3.30. The van der Waals surface area contributed by atoms with Gasteiger partial charge in [-0.1, -0.05) is 42.5 Å². The number of H-pyrrole nitrogens is 1. The number of carbonyl (C=O) groups is 2. The Morgan fingerprint density at radius 1 is 1.00 bits per heavy atom. The number of phenolic OH excluding ortho intramolecular Hbond substituents is 1. The Balaban J connectivity index is 1.32. The van der Waals surface area contributed by atoms with Gasteiger partial charge in [0.05, 0.1) is 12.1 Å². The van der Waals surface area contributed by atoms with Gasteiger partial charge in [-0.2, -0.15) is 0 Å². The highest BCUT2D eigenvalue weighted by atomic mass is 16.5. The summed E-state index contributed by atoms with van der Waals surface area (Å²) in [4.78, 5) is 26.7. The molecule has 0 fully saturated rings. The number of Topliss-reactive ketones (excluding diaryl/α,β-unsaturated/α-hetero) is 1. The molecule has 1 unspecified atom stereocenters. The number of rotatable bonds is 10. The van der Waals surface area contributed by atoms with Crippen LogP contribution in [-0.4, -0.2) is 39.5 Å². The zero-order valence-electron chi connectivity index (χ0n) is 18.7. The van der Waals surface area contributed by atoms with Crippen LogP contribution >= 0.6 is 0 Å². The summed E-state index contributed by atoms with van der Waals surface area (Å²) in [6.07, 6.45) is 0.727. The number of aromatic nitrogens is 1. The molecular formula is C27H26N2O5. The summed E-state index contributed by atoms with van der Waals surface area (Å²) in [5.74, 6) is -0.641. The molecule has 34 heavy (non-hydrogen) atoms. The third kappa shape index (κ3) is 5.44. The summed E-state index contributed by atoms with van der Waals surface area (Å²) >= 11 is 0. The number of aromatic carboxylic acids is 1. The fourth-order valence-electron chi connectivity index (χ4n) is 3.81.